The predicted octanol–water partition coefficient (Wildman–Crippen LogP) is 1.83. The molecule has 2 aromatic rings. The van der Waals surface area contributed by atoms with Crippen molar-refractivity contribution in [3.8, 4) is 0 Å². The molecule has 3 rings (SSSR count). The summed E-state index contributed by atoms with van der Waals surface area (Å²) in [5.41, 5.74) is 1.50. The van der Waals surface area contributed by atoms with Gasteiger partial charge in [0.2, 0.25) is 11.8 Å². The van der Waals surface area contributed by atoms with Crippen LogP contribution in [-0.2, 0) is 20.9 Å². The third-order valence-corrected chi connectivity index (χ3v) is 4.79. The van der Waals surface area contributed by atoms with E-state index in [0.29, 0.717) is 24.9 Å². The zero-order valence-electron chi connectivity index (χ0n) is 14.0. The molecule has 1 aliphatic rings. The van der Waals surface area contributed by atoms with Crippen molar-refractivity contribution >= 4 is 34.4 Å². The van der Waals surface area contributed by atoms with Crippen LogP contribution in [0.25, 0.3) is 10.9 Å². The normalized spacial score (nSPS) is 19.7. The second kappa shape index (κ2) is 6.96. The lowest BCUT2D eigenvalue weighted by Crippen LogP contribution is -2.23. The molecule has 0 spiro atoms. The Morgan fingerprint density at radius 2 is 1.96 bits per heavy atom. The summed E-state index contributed by atoms with van der Waals surface area (Å²) in [5, 5.41) is 15.5. The van der Waals surface area contributed by atoms with Crippen LogP contribution in [0.1, 0.15) is 19.3 Å². The third-order valence-electron chi connectivity index (χ3n) is 4.79. The van der Waals surface area contributed by atoms with Gasteiger partial charge in [-0.3, -0.25) is 14.4 Å². The summed E-state index contributed by atoms with van der Waals surface area (Å²) in [4.78, 5) is 35.0. The first kappa shape index (κ1) is 17.0. The van der Waals surface area contributed by atoms with Gasteiger partial charge >= 0.3 is 5.97 Å². The molecule has 3 N–H and O–H groups in total. The second-order valence-corrected chi connectivity index (χ2v) is 6.42. The molecule has 0 bridgehead atoms. The highest BCUT2D eigenvalue weighted by Gasteiger charge is 2.33. The molecule has 0 saturated heterocycles. The summed E-state index contributed by atoms with van der Waals surface area (Å²) in [6.45, 7) is 0.209. The Morgan fingerprint density at radius 1 is 1.20 bits per heavy atom. The van der Waals surface area contributed by atoms with E-state index in [0.717, 1.165) is 10.9 Å². The number of anilines is 1. The fourth-order valence-corrected chi connectivity index (χ4v) is 3.32. The molecule has 132 valence electrons. The highest BCUT2D eigenvalue weighted by atomic mass is 16.4. The standard InChI is InChI=1S/C18H21N3O4/c1-19-16(22)10-21-7-6-11-4-5-14(9-15(11)21)20-17(23)12-2-3-13(8-12)18(24)25/h4-7,9,12-13H,2-3,8,10H2,1H3,(H,19,22)(H,20,23)(H,24,25)/t12-,13+/m1/s1. The Labute approximate surface area is 145 Å². The van der Waals surface area contributed by atoms with Gasteiger partial charge in [0.15, 0.2) is 0 Å². The SMILES string of the molecule is CNC(=O)Cn1ccc2ccc(NC(=O)[C@@H]3CC[C@H](C(=O)O)C3)cc21. The summed E-state index contributed by atoms with van der Waals surface area (Å²) in [7, 11) is 1.59. The number of rotatable bonds is 5. The number of benzene rings is 1. The number of amides is 2. The number of aromatic nitrogens is 1. The molecule has 25 heavy (non-hydrogen) atoms. The topological polar surface area (TPSA) is 100 Å². The van der Waals surface area contributed by atoms with Crippen LogP contribution < -0.4 is 10.6 Å². The number of aliphatic carboxylic acids is 1. The Balaban J connectivity index is 1.73. The van der Waals surface area contributed by atoms with Crippen LogP contribution in [0.4, 0.5) is 5.69 Å². The largest absolute Gasteiger partial charge is 0.481 e. The zero-order chi connectivity index (χ0) is 18.0. The molecule has 0 radical (unpaired) electrons. The Bertz CT molecular complexity index is 827. The van der Waals surface area contributed by atoms with E-state index < -0.39 is 11.9 Å². The Kier molecular flexibility index (Phi) is 4.74. The lowest BCUT2D eigenvalue weighted by molar-refractivity contribution is -0.141. The smallest absolute Gasteiger partial charge is 0.306 e. The quantitative estimate of drug-likeness (QED) is 0.771. The number of nitrogens with one attached hydrogen (secondary N) is 2. The van der Waals surface area contributed by atoms with E-state index in [2.05, 4.69) is 10.6 Å². The van der Waals surface area contributed by atoms with Gasteiger partial charge in [-0.05, 0) is 42.8 Å². The fourth-order valence-electron chi connectivity index (χ4n) is 3.32. The van der Waals surface area contributed by atoms with E-state index in [1.54, 1.807) is 7.05 Å². The van der Waals surface area contributed by atoms with Crippen LogP contribution in [0.2, 0.25) is 0 Å². The molecule has 1 aromatic carbocycles. The van der Waals surface area contributed by atoms with Gasteiger partial charge in [0.1, 0.15) is 6.54 Å². The number of hydrogen-bond donors (Lipinski definition) is 3. The van der Waals surface area contributed by atoms with Gasteiger partial charge in [-0.25, -0.2) is 0 Å². The number of carboxylic acids is 1. The summed E-state index contributed by atoms with van der Waals surface area (Å²) in [5.74, 6) is -1.77. The van der Waals surface area contributed by atoms with Gasteiger partial charge in [0.25, 0.3) is 0 Å². The molecule has 1 fully saturated rings. The van der Waals surface area contributed by atoms with Gasteiger partial charge in [0, 0.05) is 24.8 Å². The number of carbonyl (C=O) groups excluding carboxylic acids is 2. The molecule has 0 aliphatic heterocycles. The van der Waals surface area contributed by atoms with E-state index >= 15 is 0 Å². The van der Waals surface area contributed by atoms with E-state index in [1.165, 1.54) is 0 Å². The van der Waals surface area contributed by atoms with Crippen molar-refractivity contribution in [2.75, 3.05) is 12.4 Å². The average Bonchev–Trinajstić information content (AvgIpc) is 3.22. The zero-order valence-corrected chi connectivity index (χ0v) is 14.0. The maximum atomic E-state index is 12.4. The molecule has 7 nitrogen and oxygen atoms in total. The Hall–Kier alpha value is -2.83. The van der Waals surface area contributed by atoms with Gasteiger partial charge in [-0.15, -0.1) is 0 Å². The lowest BCUT2D eigenvalue weighted by atomic mass is 10.0. The summed E-state index contributed by atoms with van der Waals surface area (Å²) in [6, 6.07) is 7.45. The molecule has 1 aliphatic carbocycles. The van der Waals surface area contributed by atoms with Crippen molar-refractivity contribution in [1.82, 2.24) is 9.88 Å². The molecule has 0 unspecified atom stereocenters. The molecule has 1 saturated carbocycles. The van der Waals surface area contributed by atoms with Crippen LogP contribution in [0.15, 0.2) is 30.5 Å². The van der Waals surface area contributed by atoms with Gasteiger partial charge < -0.3 is 20.3 Å². The molecule has 1 aromatic heterocycles. The van der Waals surface area contributed by atoms with Gasteiger partial charge in [-0.1, -0.05) is 6.07 Å². The lowest BCUT2D eigenvalue weighted by Gasteiger charge is -2.12. The molecule has 2 amide bonds. The molecule has 1 heterocycles. The summed E-state index contributed by atoms with van der Waals surface area (Å²) >= 11 is 0. The van der Waals surface area contributed by atoms with Crippen LogP contribution in [0, 0.1) is 11.8 Å². The van der Waals surface area contributed by atoms with Crippen molar-refractivity contribution in [3.63, 3.8) is 0 Å². The number of nitrogens with zero attached hydrogens (tertiary/aromatic N) is 1. The highest BCUT2D eigenvalue weighted by molar-refractivity contribution is 5.95. The first-order valence-electron chi connectivity index (χ1n) is 8.31. The fraction of sp³-hybridized carbons (Fsp3) is 0.389. The number of likely N-dealkylation sites (N-methyl/N-ethyl adjacent to an activating group) is 1. The van der Waals surface area contributed by atoms with Gasteiger partial charge in [0.05, 0.1) is 11.4 Å². The first-order valence-corrected chi connectivity index (χ1v) is 8.31. The maximum absolute atomic E-state index is 12.4. The van der Waals surface area contributed by atoms with Crippen LogP contribution in [0.3, 0.4) is 0 Å². The highest BCUT2D eigenvalue weighted by Crippen LogP contribution is 2.32. The van der Waals surface area contributed by atoms with Crippen molar-refractivity contribution in [2.24, 2.45) is 11.8 Å². The minimum atomic E-state index is -0.830. The van der Waals surface area contributed by atoms with E-state index in [9.17, 15) is 14.4 Å². The van der Waals surface area contributed by atoms with E-state index in [4.69, 9.17) is 5.11 Å². The number of carboxylic acid groups (broad SMARTS) is 1. The summed E-state index contributed by atoms with van der Waals surface area (Å²) in [6.07, 6.45) is 3.36. The molecule has 2 atom stereocenters. The first-order chi connectivity index (χ1) is 12.0. The van der Waals surface area contributed by atoms with Crippen LogP contribution in [-0.4, -0.2) is 34.5 Å². The summed E-state index contributed by atoms with van der Waals surface area (Å²) < 4.78 is 1.82. The predicted molar refractivity (Wildman–Crippen MR) is 93.1 cm³/mol. The minimum Gasteiger partial charge on any atom is -0.481 e. The van der Waals surface area contributed by atoms with Crippen LogP contribution in [0.5, 0.6) is 0 Å². The second-order valence-electron chi connectivity index (χ2n) is 6.42. The van der Waals surface area contributed by atoms with Crippen molar-refractivity contribution in [1.29, 1.82) is 0 Å². The van der Waals surface area contributed by atoms with Crippen LogP contribution >= 0.6 is 0 Å². The van der Waals surface area contributed by atoms with E-state index in [1.807, 2.05) is 35.0 Å². The van der Waals surface area contributed by atoms with Gasteiger partial charge in [-0.2, -0.15) is 0 Å². The number of hydrogen-bond acceptors (Lipinski definition) is 3. The Morgan fingerprint density at radius 3 is 2.64 bits per heavy atom. The van der Waals surface area contributed by atoms with Crippen molar-refractivity contribution in [3.05, 3.63) is 30.5 Å². The minimum absolute atomic E-state index is 0.0994. The molecular formula is C18H21N3O4. The average molecular weight is 343 g/mol. The van der Waals surface area contributed by atoms with E-state index in [-0.39, 0.29) is 24.3 Å². The third kappa shape index (κ3) is 3.65. The van der Waals surface area contributed by atoms with Crippen molar-refractivity contribution < 1.29 is 19.5 Å². The maximum Gasteiger partial charge on any atom is 0.306 e. The molecule has 7 heteroatoms. The molecular weight excluding hydrogens is 322 g/mol. The number of fused-ring (bicyclic) bond motifs is 1. The monoisotopic (exact) mass is 343 g/mol. The van der Waals surface area contributed by atoms with Crippen molar-refractivity contribution in [2.45, 2.75) is 25.8 Å². The number of carbonyl (C=O) groups is 3.